The van der Waals surface area contributed by atoms with E-state index in [-0.39, 0.29) is 12.3 Å². The van der Waals surface area contributed by atoms with Crippen molar-refractivity contribution in [3.63, 3.8) is 0 Å². The molecule has 2 aromatic rings. The number of carbonyl (C=O) groups is 2. The summed E-state index contributed by atoms with van der Waals surface area (Å²) in [7, 11) is 0. The van der Waals surface area contributed by atoms with Gasteiger partial charge in [-0.15, -0.1) is 0 Å². The third-order valence-corrected chi connectivity index (χ3v) is 4.90. The summed E-state index contributed by atoms with van der Waals surface area (Å²) in [4.78, 5) is 26.1. The van der Waals surface area contributed by atoms with Crippen molar-refractivity contribution in [3.05, 3.63) is 63.1 Å². The van der Waals surface area contributed by atoms with E-state index in [0.29, 0.717) is 22.2 Å². The number of nitrogens with zero attached hydrogens (tertiary/aromatic N) is 1. The lowest BCUT2D eigenvalue weighted by Crippen LogP contribution is -2.37. The lowest BCUT2D eigenvalue weighted by atomic mass is 9.95. The molecule has 124 valence electrons. The van der Waals surface area contributed by atoms with Gasteiger partial charge in [-0.05, 0) is 48.2 Å². The van der Waals surface area contributed by atoms with E-state index in [2.05, 4.69) is 0 Å². The highest BCUT2D eigenvalue weighted by molar-refractivity contribution is 6.42. The molecule has 0 radical (unpaired) electrons. The Bertz CT molecular complexity index is 821. The van der Waals surface area contributed by atoms with Gasteiger partial charge in [0.25, 0.3) is 0 Å². The lowest BCUT2D eigenvalue weighted by molar-refractivity contribution is -0.118. The van der Waals surface area contributed by atoms with Crippen molar-refractivity contribution in [2.24, 2.45) is 5.73 Å². The second-order valence-electron chi connectivity index (χ2n) is 5.74. The molecule has 0 spiro atoms. The molecule has 0 fully saturated rings. The number of nitrogens with two attached hydrogens (primary N) is 1. The number of halogens is 2. The van der Waals surface area contributed by atoms with E-state index >= 15 is 0 Å². The van der Waals surface area contributed by atoms with Gasteiger partial charge < -0.3 is 10.6 Å². The molecule has 0 saturated carbocycles. The van der Waals surface area contributed by atoms with Crippen LogP contribution in [0.1, 0.15) is 27.9 Å². The molecule has 2 N–H and O–H groups in total. The van der Waals surface area contributed by atoms with E-state index in [1.165, 1.54) is 0 Å². The molecular formula is C18H16Cl2N2O2. The zero-order valence-electron chi connectivity index (χ0n) is 12.9. The number of anilines is 1. The van der Waals surface area contributed by atoms with Crippen molar-refractivity contribution in [2.75, 3.05) is 11.4 Å². The van der Waals surface area contributed by atoms with Crippen molar-refractivity contribution >= 4 is 40.7 Å². The molecule has 0 bridgehead atoms. The van der Waals surface area contributed by atoms with Crippen LogP contribution < -0.4 is 10.6 Å². The molecule has 1 aliphatic rings. The summed E-state index contributed by atoms with van der Waals surface area (Å²) in [5.41, 5.74) is 8.34. The van der Waals surface area contributed by atoms with Crippen LogP contribution in [0.25, 0.3) is 0 Å². The Balaban J connectivity index is 1.88. The van der Waals surface area contributed by atoms with Crippen molar-refractivity contribution in [3.8, 4) is 0 Å². The molecule has 3 rings (SSSR count). The van der Waals surface area contributed by atoms with Crippen LogP contribution in [-0.2, 0) is 17.6 Å². The van der Waals surface area contributed by atoms with Gasteiger partial charge in [-0.2, -0.15) is 0 Å². The fourth-order valence-corrected chi connectivity index (χ4v) is 3.35. The first-order chi connectivity index (χ1) is 11.5. The summed E-state index contributed by atoms with van der Waals surface area (Å²) < 4.78 is 0. The largest absolute Gasteiger partial charge is 0.366 e. The highest BCUT2D eigenvalue weighted by Gasteiger charge is 2.25. The highest BCUT2D eigenvalue weighted by Crippen LogP contribution is 2.31. The summed E-state index contributed by atoms with van der Waals surface area (Å²) in [6, 6.07) is 10.5. The number of fused-ring (bicyclic) bond motifs is 1. The van der Waals surface area contributed by atoms with E-state index in [4.69, 9.17) is 28.9 Å². The molecule has 0 aliphatic carbocycles. The van der Waals surface area contributed by atoms with Crippen LogP contribution >= 0.6 is 23.2 Å². The Morgan fingerprint density at radius 1 is 1.12 bits per heavy atom. The van der Waals surface area contributed by atoms with Crippen LogP contribution in [0.15, 0.2) is 36.4 Å². The fraction of sp³-hybridized carbons (Fsp3) is 0.222. The second-order valence-corrected chi connectivity index (χ2v) is 6.56. The SMILES string of the molecule is NC(=O)c1cccc2c1CCCN2C(=O)Cc1ccc(Cl)c(Cl)c1. The van der Waals surface area contributed by atoms with Gasteiger partial charge in [-0.25, -0.2) is 0 Å². The van der Waals surface area contributed by atoms with E-state index in [1.807, 2.05) is 6.07 Å². The third kappa shape index (κ3) is 3.25. The van der Waals surface area contributed by atoms with E-state index in [1.54, 1.807) is 35.2 Å². The topological polar surface area (TPSA) is 63.4 Å². The molecule has 2 aromatic carbocycles. The fourth-order valence-electron chi connectivity index (χ4n) is 3.03. The van der Waals surface area contributed by atoms with Gasteiger partial charge in [-0.1, -0.05) is 35.3 Å². The molecular weight excluding hydrogens is 347 g/mol. The Labute approximate surface area is 150 Å². The number of rotatable bonds is 3. The zero-order valence-corrected chi connectivity index (χ0v) is 14.4. The van der Waals surface area contributed by atoms with Crippen LogP contribution in [0, 0.1) is 0 Å². The van der Waals surface area contributed by atoms with Crippen LogP contribution in [0.2, 0.25) is 10.0 Å². The second kappa shape index (κ2) is 6.83. The molecule has 0 unspecified atom stereocenters. The molecule has 1 aliphatic heterocycles. The van der Waals surface area contributed by atoms with Gasteiger partial charge in [0.1, 0.15) is 0 Å². The smallest absolute Gasteiger partial charge is 0.249 e. The Hall–Kier alpha value is -2.04. The first kappa shape index (κ1) is 16.8. The molecule has 1 heterocycles. The number of primary amides is 1. The van der Waals surface area contributed by atoms with E-state index in [0.717, 1.165) is 29.7 Å². The molecule has 6 heteroatoms. The summed E-state index contributed by atoms with van der Waals surface area (Å²) in [5, 5.41) is 0.888. The first-order valence-electron chi connectivity index (χ1n) is 7.63. The van der Waals surface area contributed by atoms with Gasteiger partial charge >= 0.3 is 0 Å². The summed E-state index contributed by atoms with van der Waals surface area (Å²) in [5.74, 6) is -0.512. The minimum absolute atomic E-state index is 0.0454. The maximum Gasteiger partial charge on any atom is 0.249 e. The molecule has 2 amide bonds. The van der Waals surface area contributed by atoms with Gasteiger partial charge in [-0.3, -0.25) is 9.59 Å². The van der Waals surface area contributed by atoms with Crippen LogP contribution in [0.5, 0.6) is 0 Å². The van der Waals surface area contributed by atoms with Crippen molar-refractivity contribution in [1.82, 2.24) is 0 Å². The summed E-state index contributed by atoms with van der Waals surface area (Å²) in [6.45, 7) is 0.620. The van der Waals surface area contributed by atoms with Gasteiger partial charge in [0.2, 0.25) is 11.8 Å². The monoisotopic (exact) mass is 362 g/mol. The number of hydrogen-bond acceptors (Lipinski definition) is 2. The minimum atomic E-state index is -0.467. The predicted molar refractivity (Wildman–Crippen MR) is 95.8 cm³/mol. The average Bonchev–Trinajstić information content (AvgIpc) is 2.57. The molecule has 4 nitrogen and oxygen atoms in total. The van der Waals surface area contributed by atoms with E-state index < -0.39 is 5.91 Å². The van der Waals surface area contributed by atoms with Gasteiger partial charge in [0.05, 0.1) is 16.5 Å². The molecule has 24 heavy (non-hydrogen) atoms. The minimum Gasteiger partial charge on any atom is -0.366 e. The van der Waals surface area contributed by atoms with Crippen LogP contribution in [0.4, 0.5) is 5.69 Å². The number of amides is 2. The maximum atomic E-state index is 12.7. The third-order valence-electron chi connectivity index (χ3n) is 4.16. The summed E-state index contributed by atoms with van der Waals surface area (Å²) in [6.07, 6.45) is 1.76. The normalized spacial score (nSPS) is 13.5. The van der Waals surface area contributed by atoms with Gasteiger partial charge in [0, 0.05) is 17.8 Å². The number of carbonyl (C=O) groups excluding carboxylic acids is 2. The molecule has 0 aromatic heterocycles. The number of hydrogen-bond donors (Lipinski definition) is 1. The molecule has 0 atom stereocenters. The van der Waals surface area contributed by atoms with Crippen LogP contribution in [0.3, 0.4) is 0 Å². The molecule has 0 saturated heterocycles. The standard InChI is InChI=1S/C18H16Cl2N2O2/c19-14-7-6-11(9-15(14)20)10-17(23)22-8-2-4-12-13(18(21)24)3-1-5-16(12)22/h1,3,5-7,9H,2,4,8,10H2,(H2,21,24). The Morgan fingerprint density at radius 2 is 1.92 bits per heavy atom. The maximum absolute atomic E-state index is 12.7. The van der Waals surface area contributed by atoms with Crippen LogP contribution in [-0.4, -0.2) is 18.4 Å². The summed E-state index contributed by atoms with van der Waals surface area (Å²) >= 11 is 11.9. The van der Waals surface area contributed by atoms with Crippen molar-refractivity contribution in [2.45, 2.75) is 19.3 Å². The van der Waals surface area contributed by atoms with Gasteiger partial charge in [0.15, 0.2) is 0 Å². The predicted octanol–water partition coefficient (Wildman–Crippen LogP) is 3.61. The Morgan fingerprint density at radius 3 is 2.62 bits per heavy atom. The highest BCUT2D eigenvalue weighted by atomic mass is 35.5. The zero-order chi connectivity index (χ0) is 17.3. The quantitative estimate of drug-likeness (QED) is 0.906. The van der Waals surface area contributed by atoms with Crippen molar-refractivity contribution < 1.29 is 9.59 Å². The van der Waals surface area contributed by atoms with Crippen molar-refractivity contribution in [1.29, 1.82) is 0 Å². The lowest BCUT2D eigenvalue weighted by Gasteiger charge is -2.30. The average molecular weight is 363 g/mol. The first-order valence-corrected chi connectivity index (χ1v) is 8.39. The number of benzene rings is 2. The Kier molecular flexibility index (Phi) is 4.78. The van der Waals surface area contributed by atoms with E-state index in [9.17, 15) is 9.59 Å².